The Morgan fingerprint density at radius 2 is 1.90 bits per heavy atom. The van der Waals surface area contributed by atoms with Gasteiger partial charge in [-0.15, -0.1) is 0 Å². The summed E-state index contributed by atoms with van der Waals surface area (Å²) in [7, 11) is 1.68. The summed E-state index contributed by atoms with van der Waals surface area (Å²) in [5.41, 5.74) is 2.31. The zero-order valence-corrected chi connectivity index (χ0v) is 12.9. The number of hydrogen-bond acceptors (Lipinski definition) is 3. The molecule has 0 amide bonds. The lowest BCUT2D eigenvalue weighted by Gasteiger charge is -2.00. The van der Waals surface area contributed by atoms with Crippen molar-refractivity contribution in [3.05, 3.63) is 65.9 Å². The zero-order chi connectivity index (χ0) is 14.5. The third-order valence-electron chi connectivity index (χ3n) is 3.40. The van der Waals surface area contributed by atoms with E-state index in [1.807, 2.05) is 30.0 Å². The highest BCUT2D eigenvalue weighted by Crippen LogP contribution is 2.26. The molecule has 3 aromatic rings. The Hall–Kier alpha value is -1.87. The molecule has 0 radical (unpaired) electrons. The average Bonchev–Trinajstić information content (AvgIpc) is 2.94. The van der Waals surface area contributed by atoms with Crippen LogP contribution < -0.4 is 4.74 Å². The lowest BCUT2D eigenvalue weighted by molar-refractivity contribution is 0.415. The summed E-state index contributed by atoms with van der Waals surface area (Å²) in [5.74, 6) is 3.90. The van der Waals surface area contributed by atoms with Crippen LogP contribution in [0.1, 0.15) is 11.3 Å². The molecule has 0 unspecified atom stereocenters. The number of furan rings is 1. The molecule has 0 bridgehead atoms. The minimum atomic E-state index is 0.867. The van der Waals surface area contributed by atoms with E-state index in [1.54, 1.807) is 7.11 Å². The van der Waals surface area contributed by atoms with Gasteiger partial charge in [0.05, 0.1) is 12.9 Å². The largest absolute Gasteiger partial charge is 0.497 e. The molecule has 3 rings (SSSR count). The molecule has 0 spiro atoms. The van der Waals surface area contributed by atoms with Crippen LogP contribution >= 0.6 is 11.8 Å². The zero-order valence-electron chi connectivity index (χ0n) is 12.0. The summed E-state index contributed by atoms with van der Waals surface area (Å²) in [6.45, 7) is 0. The second-order valence-corrected chi connectivity index (χ2v) is 6.01. The standard InChI is InChI=1S/C18H18O2S/c1-19-16-7-8-18-15(11-16)12-17(20-18)13-21-10-9-14-5-3-2-4-6-14/h2-8,11-12H,9-10,13H2,1H3. The minimum Gasteiger partial charge on any atom is -0.497 e. The Balaban J connectivity index is 1.55. The number of methoxy groups -OCH3 is 1. The van der Waals surface area contributed by atoms with Crippen LogP contribution in [-0.4, -0.2) is 12.9 Å². The average molecular weight is 298 g/mol. The number of benzene rings is 2. The van der Waals surface area contributed by atoms with E-state index < -0.39 is 0 Å². The molecular weight excluding hydrogens is 280 g/mol. The van der Waals surface area contributed by atoms with E-state index in [4.69, 9.17) is 9.15 Å². The molecule has 1 aromatic heterocycles. The van der Waals surface area contributed by atoms with Gasteiger partial charge >= 0.3 is 0 Å². The second-order valence-electron chi connectivity index (χ2n) is 4.90. The molecule has 0 saturated carbocycles. The number of rotatable bonds is 6. The van der Waals surface area contributed by atoms with Gasteiger partial charge in [-0.05, 0) is 42.0 Å². The van der Waals surface area contributed by atoms with Crippen LogP contribution in [0.2, 0.25) is 0 Å². The van der Waals surface area contributed by atoms with Crippen molar-refractivity contribution < 1.29 is 9.15 Å². The van der Waals surface area contributed by atoms with Crippen LogP contribution in [0.25, 0.3) is 11.0 Å². The third kappa shape index (κ3) is 3.61. The van der Waals surface area contributed by atoms with Crippen LogP contribution in [0.3, 0.4) is 0 Å². The summed E-state index contributed by atoms with van der Waals surface area (Å²) in [6, 6.07) is 18.6. The first-order valence-electron chi connectivity index (χ1n) is 7.03. The highest BCUT2D eigenvalue weighted by Gasteiger charge is 2.05. The molecule has 0 aliphatic rings. The molecule has 0 N–H and O–H groups in total. The van der Waals surface area contributed by atoms with Crippen molar-refractivity contribution in [2.75, 3.05) is 12.9 Å². The highest BCUT2D eigenvalue weighted by molar-refractivity contribution is 7.98. The van der Waals surface area contributed by atoms with Crippen molar-refractivity contribution >= 4 is 22.7 Å². The molecule has 0 atom stereocenters. The normalized spacial score (nSPS) is 10.9. The second kappa shape index (κ2) is 6.72. The predicted octanol–water partition coefficient (Wildman–Crippen LogP) is 4.92. The van der Waals surface area contributed by atoms with Crippen molar-refractivity contribution in [2.45, 2.75) is 12.2 Å². The van der Waals surface area contributed by atoms with E-state index in [0.29, 0.717) is 0 Å². The lowest BCUT2D eigenvalue weighted by Crippen LogP contribution is -1.88. The summed E-state index contributed by atoms with van der Waals surface area (Å²) in [4.78, 5) is 0. The van der Waals surface area contributed by atoms with Crippen molar-refractivity contribution in [2.24, 2.45) is 0 Å². The Morgan fingerprint density at radius 3 is 2.71 bits per heavy atom. The first-order chi connectivity index (χ1) is 10.3. The van der Waals surface area contributed by atoms with E-state index in [0.717, 1.165) is 40.4 Å². The minimum absolute atomic E-state index is 0.867. The van der Waals surface area contributed by atoms with Crippen LogP contribution in [0, 0.1) is 0 Å². The number of fused-ring (bicyclic) bond motifs is 1. The monoisotopic (exact) mass is 298 g/mol. The van der Waals surface area contributed by atoms with Crippen molar-refractivity contribution in [1.29, 1.82) is 0 Å². The molecule has 2 aromatic carbocycles. The van der Waals surface area contributed by atoms with Crippen LogP contribution in [0.15, 0.2) is 59.0 Å². The van der Waals surface area contributed by atoms with Crippen LogP contribution in [-0.2, 0) is 12.2 Å². The first-order valence-corrected chi connectivity index (χ1v) is 8.19. The fourth-order valence-corrected chi connectivity index (χ4v) is 3.15. The van der Waals surface area contributed by atoms with E-state index in [9.17, 15) is 0 Å². The van der Waals surface area contributed by atoms with Gasteiger partial charge in [0, 0.05) is 5.39 Å². The molecule has 108 valence electrons. The summed E-state index contributed by atoms with van der Waals surface area (Å²) in [6.07, 6.45) is 1.10. The maximum atomic E-state index is 5.84. The molecule has 1 heterocycles. The summed E-state index contributed by atoms with van der Waals surface area (Å²) in [5, 5.41) is 1.10. The molecule has 3 heteroatoms. The van der Waals surface area contributed by atoms with Gasteiger partial charge in [0.2, 0.25) is 0 Å². The molecule has 0 fully saturated rings. The van der Waals surface area contributed by atoms with Gasteiger partial charge in [-0.1, -0.05) is 30.3 Å². The summed E-state index contributed by atoms with van der Waals surface area (Å²) >= 11 is 1.90. The van der Waals surface area contributed by atoms with Crippen LogP contribution in [0.5, 0.6) is 5.75 Å². The smallest absolute Gasteiger partial charge is 0.134 e. The van der Waals surface area contributed by atoms with Gasteiger partial charge in [0.1, 0.15) is 17.1 Å². The highest BCUT2D eigenvalue weighted by atomic mass is 32.2. The van der Waals surface area contributed by atoms with Gasteiger partial charge in [-0.3, -0.25) is 0 Å². The van der Waals surface area contributed by atoms with E-state index >= 15 is 0 Å². The Labute approximate surface area is 129 Å². The molecule has 0 aliphatic heterocycles. The topological polar surface area (TPSA) is 22.4 Å². The lowest BCUT2D eigenvalue weighted by atomic mass is 10.2. The van der Waals surface area contributed by atoms with Gasteiger partial charge in [-0.2, -0.15) is 11.8 Å². The fourth-order valence-electron chi connectivity index (χ4n) is 2.28. The number of aryl methyl sites for hydroxylation is 1. The maximum absolute atomic E-state index is 5.84. The van der Waals surface area contributed by atoms with E-state index in [2.05, 4.69) is 36.4 Å². The summed E-state index contributed by atoms with van der Waals surface area (Å²) < 4.78 is 11.1. The van der Waals surface area contributed by atoms with E-state index in [1.165, 1.54) is 5.56 Å². The van der Waals surface area contributed by atoms with Gasteiger partial charge in [0.15, 0.2) is 0 Å². The predicted molar refractivity (Wildman–Crippen MR) is 89.1 cm³/mol. The SMILES string of the molecule is COc1ccc2oc(CSCCc3ccccc3)cc2c1. The van der Waals surface area contributed by atoms with Crippen molar-refractivity contribution in [3.63, 3.8) is 0 Å². The Kier molecular flexibility index (Phi) is 4.51. The maximum Gasteiger partial charge on any atom is 0.134 e. The molecular formula is C18H18O2S. The van der Waals surface area contributed by atoms with Gasteiger partial charge in [0.25, 0.3) is 0 Å². The Bertz CT molecular complexity index is 704. The van der Waals surface area contributed by atoms with Crippen molar-refractivity contribution in [3.8, 4) is 5.75 Å². The quantitative estimate of drug-likeness (QED) is 0.603. The van der Waals surface area contributed by atoms with Gasteiger partial charge in [-0.25, -0.2) is 0 Å². The van der Waals surface area contributed by atoms with E-state index in [-0.39, 0.29) is 0 Å². The van der Waals surface area contributed by atoms with Gasteiger partial charge < -0.3 is 9.15 Å². The fraction of sp³-hybridized carbons (Fsp3) is 0.222. The Morgan fingerprint density at radius 1 is 1.05 bits per heavy atom. The molecule has 21 heavy (non-hydrogen) atoms. The number of hydrogen-bond donors (Lipinski definition) is 0. The molecule has 2 nitrogen and oxygen atoms in total. The third-order valence-corrected chi connectivity index (χ3v) is 4.38. The number of thioether (sulfide) groups is 1. The first kappa shape index (κ1) is 14.1. The van der Waals surface area contributed by atoms with Crippen molar-refractivity contribution in [1.82, 2.24) is 0 Å². The molecule has 0 saturated heterocycles. The number of ether oxygens (including phenoxy) is 1. The van der Waals surface area contributed by atoms with Crippen LogP contribution in [0.4, 0.5) is 0 Å². The molecule has 0 aliphatic carbocycles.